The van der Waals surface area contributed by atoms with Crippen molar-refractivity contribution in [2.45, 2.75) is 102 Å². The summed E-state index contributed by atoms with van der Waals surface area (Å²) in [6.45, 7) is 19.2. The van der Waals surface area contributed by atoms with Crippen LogP contribution in [0.15, 0.2) is 42.5 Å². The summed E-state index contributed by atoms with van der Waals surface area (Å²) < 4.78 is 26.9. The Morgan fingerprint density at radius 3 is 2.42 bits per heavy atom. The number of phenols is 1. The Kier molecular flexibility index (Phi) is 6.67. The summed E-state index contributed by atoms with van der Waals surface area (Å²) in [5.74, 6) is -3.62. The summed E-state index contributed by atoms with van der Waals surface area (Å²) in [4.78, 5) is 41.9. The van der Waals surface area contributed by atoms with Gasteiger partial charge >= 0.3 is 5.97 Å². The predicted molar refractivity (Wildman–Crippen MR) is 178 cm³/mol. The number of benzene rings is 2. The van der Waals surface area contributed by atoms with Gasteiger partial charge in [0.2, 0.25) is 0 Å². The predicted octanol–water partition coefficient (Wildman–Crippen LogP) is 6.59. The number of fused-ring (bicyclic) bond motifs is 5. The van der Waals surface area contributed by atoms with Gasteiger partial charge in [-0.3, -0.25) is 9.59 Å². The Morgan fingerprint density at radius 2 is 1.79 bits per heavy atom. The van der Waals surface area contributed by atoms with E-state index in [0.717, 1.165) is 16.7 Å². The second-order valence-corrected chi connectivity index (χ2v) is 15.9. The molecule has 9 nitrogen and oxygen atoms in total. The number of ether oxygens (including phenoxy) is 4. The van der Waals surface area contributed by atoms with Crippen molar-refractivity contribution in [3.63, 3.8) is 0 Å². The largest absolute Gasteiger partial charge is 0.506 e. The molecule has 0 radical (unpaired) electrons. The molecule has 6 atom stereocenters. The highest BCUT2D eigenvalue weighted by molar-refractivity contribution is 6.11. The molecule has 9 heteroatoms. The van der Waals surface area contributed by atoms with E-state index in [4.69, 9.17) is 18.9 Å². The zero-order valence-corrected chi connectivity index (χ0v) is 29.1. The normalized spacial score (nSPS) is 32.0. The first-order chi connectivity index (χ1) is 22.3. The molecule has 9 rings (SSSR count). The number of rotatable bonds is 6. The van der Waals surface area contributed by atoms with Crippen LogP contribution in [0.2, 0.25) is 0 Å². The maximum absolute atomic E-state index is 15.3. The van der Waals surface area contributed by atoms with Crippen LogP contribution in [0, 0.1) is 24.7 Å². The molecule has 7 aliphatic rings. The lowest BCUT2D eigenvalue weighted by Gasteiger charge is -2.72. The Balaban J connectivity index is 1.58. The smallest absolute Gasteiger partial charge is 0.330 e. The number of allylic oxidation sites excluding steroid dienone is 1. The van der Waals surface area contributed by atoms with Crippen molar-refractivity contribution in [3.8, 4) is 28.4 Å². The van der Waals surface area contributed by atoms with Gasteiger partial charge in [0, 0.05) is 41.6 Å². The number of hydrogen-bond donors (Lipinski definition) is 2. The van der Waals surface area contributed by atoms with Crippen LogP contribution >= 0.6 is 0 Å². The van der Waals surface area contributed by atoms with E-state index in [1.54, 1.807) is 6.08 Å². The van der Waals surface area contributed by atoms with Crippen molar-refractivity contribution in [2.24, 2.45) is 17.8 Å². The first-order valence-corrected chi connectivity index (χ1v) is 16.6. The maximum atomic E-state index is 15.3. The molecule has 254 valence electrons. The van der Waals surface area contributed by atoms with Gasteiger partial charge in [0.25, 0.3) is 0 Å². The van der Waals surface area contributed by atoms with Crippen molar-refractivity contribution in [1.82, 2.24) is 0 Å². The molecule has 2 N–H and O–H groups in total. The molecule has 1 spiro atoms. The van der Waals surface area contributed by atoms with Crippen molar-refractivity contribution >= 4 is 17.5 Å². The summed E-state index contributed by atoms with van der Waals surface area (Å²) in [7, 11) is 1.49. The van der Waals surface area contributed by atoms with Gasteiger partial charge in [-0.15, -0.1) is 6.58 Å². The number of aromatic hydroxyl groups is 1. The number of ketones is 2. The van der Waals surface area contributed by atoms with Crippen LogP contribution in [0.5, 0.6) is 17.2 Å². The number of carboxylic acid groups (broad SMARTS) is 1. The topological polar surface area (TPSA) is 129 Å². The van der Waals surface area contributed by atoms with Crippen LogP contribution in [0.3, 0.4) is 0 Å². The molecule has 3 saturated carbocycles. The number of carbonyl (C=O) groups excluding carboxylic acids is 2. The quantitative estimate of drug-likeness (QED) is 0.261. The molecule has 2 saturated heterocycles. The monoisotopic (exact) mass is 656 g/mol. The van der Waals surface area contributed by atoms with Crippen molar-refractivity contribution in [3.05, 3.63) is 64.8 Å². The number of Topliss-reactive ketones (excluding diaryl/α,β-unsaturated/α-hetero) is 2. The Labute approximate surface area is 280 Å². The van der Waals surface area contributed by atoms with Crippen LogP contribution in [0.25, 0.3) is 11.1 Å². The molecule has 3 aliphatic carbocycles. The fourth-order valence-corrected chi connectivity index (χ4v) is 9.48. The minimum atomic E-state index is -1.70. The number of hydrogen-bond acceptors (Lipinski definition) is 8. The van der Waals surface area contributed by atoms with Crippen molar-refractivity contribution in [2.75, 3.05) is 7.11 Å². The zero-order chi connectivity index (χ0) is 35.1. The van der Waals surface area contributed by atoms with E-state index in [1.165, 1.54) is 20.1 Å². The van der Waals surface area contributed by atoms with Gasteiger partial charge in [0.15, 0.2) is 22.8 Å². The van der Waals surface area contributed by atoms with Crippen molar-refractivity contribution in [1.29, 1.82) is 0 Å². The van der Waals surface area contributed by atoms with Gasteiger partial charge in [-0.05, 0) is 53.5 Å². The molecule has 4 heterocycles. The highest BCUT2D eigenvalue weighted by atomic mass is 16.6. The van der Waals surface area contributed by atoms with Crippen LogP contribution in [-0.2, 0) is 30.1 Å². The second kappa shape index (κ2) is 9.82. The second-order valence-electron chi connectivity index (χ2n) is 15.9. The molecule has 48 heavy (non-hydrogen) atoms. The SMILES string of the molecule is C=CC(C)(C)c1c2c(c(O)c3c1OC(C)(C)c1ccc(C)cc1-3)C(=O)C1C(OC)C3C(=O)C4(CC=C(C)C(=O)O)OC(C)(C)C3CC14O2. The lowest BCUT2D eigenvalue weighted by molar-refractivity contribution is -0.345. The van der Waals surface area contributed by atoms with Gasteiger partial charge in [0.05, 0.1) is 29.1 Å². The molecule has 4 aliphatic heterocycles. The lowest BCUT2D eigenvalue weighted by Crippen LogP contribution is -2.87. The third kappa shape index (κ3) is 3.83. The molecule has 4 bridgehead atoms. The van der Waals surface area contributed by atoms with Crippen LogP contribution in [-0.4, -0.2) is 57.8 Å². The molecule has 6 unspecified atom stereocenters. The molecule has 2 aromatic rings. The van der Waals surface area contributed by atoms with Crippen molar-refractivity contribution < 1.29 is 43.5 Å². The van der Waals surface area contributed by atoms with Gasteiger partial charge in [-0.1, -0.05) is 49.8 Å². The average molecular weight is 657 g/mol. The lowest BCUT2D eigenvalue weighted by atomic mass is 9.42. The van der Waals surface area contributed by atoms with E-state index in [0.29, 0.717) is 23.3 Å². The Hall–Kier alpha value is -3.95. The Morgan fingerprint density at radius 1 is 1.12 bits per heavy atom. The zero-order valence-electron chi connectivity index (χ0n) is 29.1. The third-order valence-corrected chi connectivity index (χ3v) is 12.0. The first-order valence-electron chi connectivity index (χ1n) is 16.6. The number of carbonyl (C=O) groups is 3. The fraction of sp³-hybridized carbons (Fsp3) is 0.513. The highest BCUT2D eigenvalue weighted by Crippen LogP contribution is 2.70. The highest BCUT2D eigenvalue weighted by Gasteiger charge is 2.83. The standard InChI is InChI=1S/C39H44O9/c1-11-35(4,5)27-31-23(20-16-18(2)12-13-21(20)36(6,7)46-31)28(40)25-29(41)26-30(45-10)24-22-17-39(26,47-32(25)27)38(33(24)42,48-37(22,8)9)15-14-19(3)34(43)44/h11-14,16,22,24,26,30,40H,1,15,17H2,2-10H3,(H,43,44). The number of carboxylic acids is 1. The van der Waals surface area contributed by atoms with Gasteiger partial charge < -0.3 is 29.2 Å². The molecule has 2 aromatic carbocycles. The Bertz CT molecular complexity index is 1880. The van der Waals surface area contributed by atoms with Crippen LogP contribution < -0.4 is 9.47 Å². The fourth-order valence-electron chi connectivity index (χ4n) is 9.48. The first kappa shape index (κ1) is 32.6. The van der Waals surface area contributed by atoms with Gasteiger partial charge in [0.1, 0.15) is 28.4 Å². The average Bonchev–Trinajstić information content (AvgIpc) is 2.99. The van der Waals surface area contributed by atoms with E-state index in [9.17, 15) is 19.8 Å². The summed E-state index contributed by atoms with van der Waals surface area (Å²) in [6, 6.07) is 5.97. The van der Waals surface area contributed by atoms with Crippen LogP contribution in [0.4, 0.5) is 0 Å². The van der Waals surface area contributed by atoms with Crippen LogP contribution in [0.1, 0.15) is 88.4 Å². The molecule has 0 aromatic heterocycles. The number of methoxy groups -OCH3 is 1. The summed E-state index contributed by atoms with van der Waals surface area (Å²) in [6.07, 6.45) is 2.57. The summed E-state index contributed by atoms with van der Waals surface area (Å²) in [5, 5.41) is 22.0. The van der Waals surface area contributed by atoms with E-state index in [-0.39, 0.29) is 40.8 Å². The summed E-state index contributed by atoms with van der Waals surface area (Å²) in [5.41, 5.74) is -2.14. The minimum Gasteiger partial charge on any atom is -0.506 e. The van der Waals surface area contributed by atoms with E-state index >= 15 is 4.79 Å². The van der Waals surface area contributed by atoms with E-state index in [1.807, 2.05) is 66.7 Å². The van der Waals surface area contributed by atoms with Gasteiger partial charge in [-0.2, -0.15) is 0 Å². The molecular weight excluding hydrogens is 612 g/mol. The van der Waals surface area contributed by atoms with E-state index < -0.39 is 57.5 Å². The molecule has 5 fully saturated rings. The van der Waals surface area contributed by atoms with E-state index in [2.05, 4.69) is 6.58 Å². The molecular formula is C39H44O9. The number of aryl methyl sites for hydroxylation is 1. The van der Waals surface area contributed by atoms with Gasteiger partial charge in [-0.25, -0.2) is 4.79 Å². The maximum Gasteiger partial charge on any atom is 0.330 e. The minimum absolute atomic E-state index is 0.00894. The summed E-state index contributed by atoms with van der Waals surface area (Å²) >= 11 is 0. The number of phenolic OH excluding ortho intramolecular Hbond substituents is 1. The number of aliphatic carboxylic acids is 1. The third-order valence-electron chi connectivity index (χ3n) is 12.0. The molecule has 0 amide bonds.